The number of aromatic nitrogens is 2. The first-order valence-corrected chi connectivity index (χ1v) is 6.89. The van der Waals surface area contributed by atoms with Gasteiger partial charge in [-0.2, -0.15) is 5.10 Å². The summed E-state index contributed by atoms with van der Waals surface area (Å²) in [5, 5.41) is 4.30. The first-order chi connectivity index (χ1) is 8.22. The number of nitrogens with zero attached hydrogens (tertiary/aromatic N) is 2. The summed E-state index contributed by atoms with van der Waals surface area (Å²) in [6, 6.07) is 0.412. The average molecular weight is 234 g/mol. The van der Waals surface area contributed by atoms with E-state index < -0.39 is 0 Å². The Morgan fingerprint density at radius 2 is 2.29 bits per heavy atom. The van der Waals surface area contributed by atoms with Gasteiger partial charge in [0.25, 0.3) is 0 Å². The molecule has 1 aromatic rings. The van der Waals surface area contributed by atoms with E-state index in [9.17, 15) is 0 Å². The second-order valence-electron chi connectivity index (χ2n) is 6.00. The lowest BCUT2D eigenvalue weighted by Crippen LogP contribution is -2.18. The van der Waals surface area contributed by atoms with Crippen LogP contribution < -0.4 is 4.74 Å². The summed E-state index contributed by atoms with van der Waals surface area (Å²) in [6.45, 7) is 5.16. The van der Waals surface area contributed by atoms with E-state index >= 15 is 0 Å². The molecule has 94 valence electrons. The van der Waals surface area contributed by atoms with Gasteiger partial charge in [-0.3, -0.25) is 4.68 Å². The van der Waals surface area contributed by atoms with E-state index in [1.165, 1.54) is 25.7 Å². The predicted octanol–water partition coefficient (Wildman–Crippen LogP) is 3.28. The van der Waals surface area contributed by atoms with Crippen LogP contribution in [0.4, 0.5) is 0 Å². The SMILES string of the molecule is CC(C)n1cc(OCC2CC3CCC2C3)cn1. The highest BCUT2D eigenvalue weighted by Gasteiger charge is 2.39. The van der Waals surface area contributed by atoms with Gasteiger partial charge in [0.2, 0.25) is 0 Å². The normalized spacial score (nSPS) is 31.4. The van der Waals surface area contributed by atoms with Crippen molar-refractivity contribution in [2.24, 2.45) is 17.8 Å². The average Bonchev–Trinajstić information content (AvgIpc) is 3.02. The van der Waals surface area contributed by atoms with E-state index in [0.29, 0.717) is 6.04 Å². The molecule has 3 unspecified atom stereocenters. The first kappa shape index (κ1) is 11.1. The smallest absolute Gasteiger partial charge is 0.157 e. The zero-order valence-corrected chi connectivity index (χ0v) is 10.8. The standard InChI is InChI=1S/C14H22N2O/c1-10(2)16-8-14(7-15-16)17-9-13-6-11-3-4-12(13)5-11/h7-8,10-13H,3-6,9H2,1-2H3. The first-order valence-electron chi connectivity index (χ1n) is 6.89. The van der Waals surface area contributed by atoms with Crippen LogP contribution in [0.3, 0.4) is 0 Å². The fourth-order valence-corrected chi connectivity index (χ4v) is 3.46. The van der Waals surface area contributed by atoms with Crippen molar-refractivity contribution < 1.29 is 4.74 Å². The van der Waals surface area contributed by atoms with E-state index in [1.54, 1.807) is 0 Å². The summed E-state index contributed by atoms with van der Waals surface area (Å²) in [4.78, 5) is 0. The van der Waals surface area contributed by atoms with Gasteiger partial charge in [0.1, 0.15) is 0 Å². The Hall–Kier alpha value is -0.990. The second kappa shape index (κ2) is 4.35. The zero-order valence-electron chi connectivity index (χ0n) is 10.8. The van der Waals surface area contributed by atoms with Gasteiger partial charge >= 0.3 is 0 Å². The third-order valence-electron chi connectivity index (χ3n) is 4.46. The number of rotatable bonds is 4. The molecule has 0 aromatic carbocycles. The van der Waals surface area contributed by atoms with Crippen LogP contribution in [-0.4, -0.2) is 16.4 Å². The fraction of sp³-hybridized carbons (Fsp3) is 0.786. The van der Waals surface area contributed by atoms with E-state index in [1.807, 2.05) is 17.1 Å². The van der Waals surface area contributed by atoms with E-state index in [4.69, 9.17) is 4.74 Å². The molecule has 3 heteroatoms. The zero-order chi connectivity index (χ0) is 11.8. The van der Waals surface area contributed by atoms with Gasteiger partial charge in [-0.05, 0) is 50.9 Å². The maximum atomic E-state index is 5.89. The number of ether oxygens (including phenoxy) is 1. The molecule has 0 N–H and O–H groups in total. The molecule has 1 aromatic heterocycles. The van der Waals surface area contributed by atoms with Crippen LogP contribution in [-0.2, 0) is 0 Å². The number of fused-ring (bicyclic) bond motifs is 2. The summed E-state index contributed by atoms with van der Waals surface area (Å²) in [6.07, 6.45) is 9.60. The van der Waals surface area contributed by atoms with Crippen molar-refractivity contribution >= 4 is 0 Å². The van der Waals surface area contributed by atoms with E-state index in [-0.39, 0.29) is 0 Å². The van der Waals surface area contributed by atoms with Gasteiger partial charge < -0.3 is 4.74 Å². The Balaban J connectivity index is 1.53. The van der Waals surface area contributed by atoms with E-state index in [0.717, 1.165) is 30.1 Å². The molecule has 0 spiro atoms. The van der Waals surface area contributed by atoms with Crippen molar-refractivity contribution in [1.82, 2.24) is 9.78 Å². The quantitative estimate of drug-likeness (QED) is 0.799. The minimum atomic E-state index is 0.412. The molecular formula is C14H22N2O. The number of hydrogen-bond donors (Lipinski definition) is 0. The van der Waals surface area contributed by atoms with Crippen LogP contribution in [0.2, 0.25) is 0 Å². The summed E-state index contributed by atoms with van der Waals surface area (Å²) in [5.41, 5.74) is 0. The summed E-state index contributed by atoms with van der Waals surface area (Å²) in [5.74, 6) is 3.68. The third-order valence-corrected chi connectivity index (χ3v) is 4.46. The molecule has 1 heterocycles. The molecule has 2 aliphatic carbocycles. The molecule has 0 saturated heterocycles. The molecule has 0 aliphatic heterocycles. The highest BCUT2D eigenvalue weighted by molar-refractivity contribution is 5.12. The summed E-state index contributed by atoms with van der Waals surface area (Å²) >= 11 is 0. The molecule has 3 rings (SSSR count). The molecular weight excluding hydrogens is 212 g/mol. The van der Waals surface area contributed by atoms with Crippen LogP contribution in [0.15, 0.2) is 12.4 Å². The molecule has 0 radical (unpaired) electrons. The highest BCUT2D eigenvalue weighted by Crippen LogP contribution is 2.48. The van der Waals surface area contributed by atoms with Crippen molar-refractivity contribution in [3.8, 4) is 5.75 Å². The van der Waals surface area contributed by atoms with Crippen molar-refractivity contribution in [3.05, 3.63) is 12.4 Å². The Morgan fingerprint density at radius 3 is 2.88 bits per heavy atom. The van der Waals surface area contributed by atoms with Crippen molar-refractivity contribution in [2.75, 3.05) is 6.61 Å². The Bertz CT molecular complexity index is 385. The van der Waals surface area contributed by atoms with Crippen LogP contribution >= 0.6 is 0 Å². The van der Waals surface area contributed by atoms with Gasteiger partial charge in [-0.15, -0.1) is 0 Å². The number of hydrogen-bond acceptors (Lipinski definition) is 2. The molecule has 0 amide bonds. The molecule has 17 heavy (non-hydrogen) atoms. The molecule has 2 fully saturated rings. The molecule has 2 bridgehead atoms. The predicted molar refractivity (Wildman–Crippen MR) is 67.0 cm³/mol. The summed E-state index contributed by atoms with van der Waals surface area (Å²) in [7, 11) is 0. The minimum absolute atomic E-state index is 0.412. The lowest BCUT2D eigenvalue weighted by Gasteiger charge is -2.21. The van der Waals surface area contributed by atoms with Crippen molar-refractivity contribution in [1.29, 1.82) is 0 Å². The lowest BCUT2D eigenvalue weighted by atomic mass is 9.90. The van der Waals surface area contributed by atoms with Gasteiger partial charge in [-0.1, -0.05) is 6.42 Å². The van der Waals surface area contributed by atoms with Gasteiger partial charge in [0.15, 0.2) is 5.75 Å². The Morgan fingerprint density at radius 1 is 1.41 bits per heavy atom. The highest BCUT2D eigenvalue weighted by atomic mass is 16.5. The lowest BCUT2D eigenvalue weighted by molar-refractivity contribution is 0.195. The van der Waals surface area contributed by atoms with Gasteiger partial charge in [0.05, 0.1) is 19.0 Å². The monoisotopic (exact) mass is 234 g/mol. The Labute approximate surface area is 103 Å². The van der Waals surface area contributed by atoms with Gasteiger partial charge in [-0.25, -0.2) is 0 Å². The largest absolute Gasteiger partial charge is 0.490 e. The molecule has 3 atom stereocenters. The van der Waals surface area contributed by atoms with E-state index in [2.05, 4.69) is 18.9 Å². The summed E-state index contributed by atoms with van der Waals surface area (Å²) < 4.78 is 7.84. The molecule has 2 saturated carbocycles. The van der Waals surface area contributed by atoms with Crippen molar-refractivity contribution in [2.45, 2.75) is 45.6 Å². The minimum Gasteiger partial charge on any atom is -0.490 e. The molecule has 3 nitrogen and oxygen atoms in total. The molecule has 2 aliphatic rings. The fourth-order valence-electron chi connectivity index (χ4n) is 3.46. The van der Waals surface area contributed by atoms with Crippen LogP contribution in [0.5, 0.6) is 5.75 Å². The van der Waals surface area contributed by atoms with Crippen molar-refractivity contribution in [3.63, 3.8) is 0 Å². The maximum absolute atomic E-state index is 5.89. The maximum Gasteiger partial charge on any atom is 0.157 e. The second-order valence-corrected chi connectivity index (χ2v) is 6.00. The van der Waals surface area contributed by atoms with Crippen LogP contribution in [0, 0.1) is 17.8 Å². The van der Waals surface area contributed by atoms with Crippen LogP contribution in [0.25, 0.3) is 0 Å². The van der Waals surface area contributed by atoms with Crippen LogP contribution in [0.1, 0.15) is 45.6 Å². The topological polar surface area (TPSA) is 27.1 Å². The third kappa shape index (κ3) is 2.20. The van der Waals surface area contributed by atoms with Gasteiger partial charge in [0, 0.05) is 6.04 Å². The Kier molecular flexibility index (Phi) is 2.85.